The molecule has 1 aromatic heterocycles. The number of hydrogen-bond donors (Lipinski definition) is 2. The van der Waals surface area contributed by atoms with E-state index in [2.05, 4.69) is 20.0 Å². The molecule has 1 aliphatic carbocycles. The predicted molar refractivity (Wildman–Crippen MR) is 113 cm³/mol. The lowest BCUT2D eigenvalue weighted by atomic mass is 9.93. The van der Waals surface area contributed by atoms with Crippen molar-refractivity contribution in [2.24, 2.45) is 5.92 Å². The van der Waals surface area contributed by atoms with E-state index in [-0.39, 0.29) is 42.7 Å². The fraction of sp³-hybridized carbons (Fsp3) is 0.500. The van der Waals surface area contributed by atoms with Crippen LogP contribution in [0.2, 0.25) is 0 Å². The molecule has 2 atom stereocenters. The normalized spacial score (nSPS) is 20.7. The van der Waals surface area contributed by atoms with Crippen LogP contribution in [-0.4, -0.2) is 64.1 Å². The van der Waals surface area contributed by atoms with Gasteiger partial charge in [0.2, 0.25) is 0 Å². The summed E-state index contributed by atoms with van der Waals surface area (Å²) in [5.74, 6) is -0.923. The van der Waals surface area contributed by atoms with Gasteiger partial charge in [-0.25, -0.2) is 19.2 Å². The van der Waals surface area contributed by atoms with E-state index < -0.39 is 17.9 Å². The number of urea groups is 1. The summed E-state index contributed by atoms with van der Waals surface area (Å²) in [7, 11) is 0. The number of alkyl halides is 3. The molecule has 2 N–H and O–H groups in total. The highest BCUT2D eigenvalue weighted by atomic mass is 19.4. The Labute approximate surface area is 193 Å². The molecule has 184 valence electrons. The van der Waals surface area contributed by atoms with Crippen LogP contribution in [0.4, 0.5) is 28.2 Å². The fourth-order valence-electron chi connectivity index (χ4n) is 4.28. The number of anilines is 1. The van der Waals surface area contributed by atoms with Crippen molar-refractivity contribution in [2.45, 2.75) is 44.3 Å². The first-order valence-corrected chi connectivity index (χ1v) is 11.0. The summed E-state index contributed by atoms with van der Waals surface area (Å²) in [6, 6.07) is 4.03. The molecule has 0 spiro atoms. The summed E-state index contributed by atoms with van der Waals surface area (Å²) in [5.41, 5.74) is 0.0399. The summed E-state index contributed by atoms with van der Waals surface area (Å²) in [6.07, 6.45) is 0.458. The van der Waals surface area contributed by atoms with E-state index in [9.17, 15) is 27.5 Å². The fourth-order valence-corrected chi connectivity index (χ4v) is 4.28. The first kappa shape index (κ1) is 24.0. The maximum Gasteiger partial charge on any atom is 0.573 e. The van der Waals surface area contributed by atoms with Gasteiger partial charge in [-0.2, -0.15) is 0 Å². The smallest absolute Gasteiger partial charge is 0.406 e. The summed E-state index contributed by atoms with van der Waals surface area (Å²) in [5, 5.41) is 12.5. The van der Waals surface area contributed by atoms with Gasteiger partial charge in [-0.1, -0.05) is 6.07 Å². The van der Waals surface area contributed by atoms with E-state index in [4.69, 9.17) is 0 Å². The molecule has 2 amide bonds. The van der Waals surface area contributed by atoms with Crippen LogP contribution in [0.25, 0.3) is 0 Å². The van der Waals surface area contributed by atoms with E-state index in [1.54, 1.807) is 17.2 Å². The number of halogens is 4. The van der Waals surface area contributed by atoms with Gasteiger partial charge in [-0.15, -0.1) is 13.2 Å². The van der Waals surface area contributed by atoms with E-state index in [0.717, 1.165) is 25.0 Å². The number of nitrogens with zero attached hydrogens (tertiary/aromatic N) is 4. The molecule has 0 unspecified atom stereocenters. The van der Waals surface area contributed by atoms with Gasteiger partial charge in [0.25, 0.3) is 0 Å². The molecular weight excluding hydrogens is 458 g/mol. The van der Waals surface area contributed by atoms with Crippen LogP contribution in [0.3, 0.4) is 0 Å². The van der Waals surface area contributed by atoms with Crippen molar-refractivity contribution >= 4 is 11.8 Å². The molecule has 2 heterocycles. The Bertz CT molecular complexity index is 990. The van der Waals surface area contributed by atoms with Crippen molar-refractivity contribution in [1.82, 2.24) is 20.2 Å². The van der Waals surface area contributed by atoms with Crippen LogP contribution in [0.15, 0.2) is 36.8 Å². The van der Waals surface area contributed by atoms with E-state index in [1.165, 1.54) is 6.33 Å². The van der Waals surface area contributed by atoms with Gasteiger partial charge in [0.05, 0.1) is 6.04 Å². The number of aliphatic hydroxyl groups excluding tert-OH is 1. The molecule has 4 rings (SSSR count). The SMILES string of the molecule is O=C(NCc1ccc(OC(F)(F)F)cc1F)N(C1CC1)[C@@H]1C[C@H](CO)CN(c2ccncn2)C1. The van der Waals surface area contributed by atoms with Crippen LogP contribution >= 0.6 is 0 Å². The first-order chi connectivity index (χ1) is 16.2. The maximum atomic E-state index is 14.3. The summed E-state index contributed by atoms with van der Waals surface area (Å²) in [6.45, 7) is 0.901. The van der Waals surface area contributed by atoms with Crippen molar-refractivity contribution in [3.05, 3.63) is 48.2 Å². The monoisotopic (exact) mass is 483 g/mol. The maximum absolute atomic E-state index is 14.3. The number of carbonyl (C=O) groups excluding carboxylic acids is 1. The molecule has 8 nitrogen and oxygen atoms in total. The number of aromatic nitrogens is 2. The number of benzene rings is 1. The van der Waals surface area contributed by atoms with E-state index in [0.29, 0.717) is 31.4 Å². The van der Waals surface area contributed by atoms with Crippen LogP contribution in [-0.2, 0) is 6.54 Å². The van der Waals surface area contributed by atoms with Crippen molar-refractivity contribution in [3.63, 3.8) is 0 Å². The predicted octanol–water partition coefficient (Wildman–Crippen LogP) is 3.08. The molecule has 2 aromatic rings. The molecule has 1 aromatic carbocycles. The van der Waals surface area contributed by atoms with Crippen LogP contribution in [0.5, 0.6) is 5.75 Å². The summed E-state index contributed by atoms with van der Waals surface area (Å²) < 4.78 is 55.0. The largest absolute Gasteiger partial charge is 0.573 e. The van der Waals surface area contributed by atoms with Gasteiger partial charge in [0, 0.05) is 56.0 Å². The minimum absolute atomic E-state index is 0.0320. The van der Waals surface area contributed by atoms with Crippen LogP contribution in [0, 0.1) is 11.7 Å². The van der Waals surface area contributed by atoms with Crippen molar-refractivity contribution in [2.75, 3.05) is 24.6 Å². The minimum Gasteiger partial charge on any atom is -0.406 e. The molecule has 2 aliphatic rings. The molecule has 34 heavy (non-hydrogen) atoms. The molecule has 1 saturated heterocycles. The number of carbonyl (C=O) groups is 1. The molecule has 12 heteroatoms. The van der Waals surface area contributed by atoms with Gasteiger partial charge in [-0.3, -0.25) is 0 Å². The zero-order chi connectivity index (χ0) is 24.3. The van der Waals surface area contributed by atoms with Gasteiger partial charge >= 0.3 is 12.4 Å². The Hall–Kier alpha value is -3.15. The topological polar surface area (TPSA) is 90.8 Å². The zero-order valence-corrected chi connectivity index (χ0v) is 18.2. The molecule has 0 bridgehead atoms. The Morgan fingerprint density at radius 2 is 2.03 bits per heavy atom. The van der Waals surface area contributed by atoms with Gasteiger partial charge < -0.3 is 25.0 Å². The molecular formula is C22H25F4N5O3. The highest BCUT2D eigenvalue weighted by molar-refractivity contribution is 5.75. The Kier molecular flexibility index (Phi) is 7.05. The second-order valence-corrected chi connectivity index (χ2v) is 8.51. The average molecular weight is 483 g/mol. The van der Waals surface area contributed by atoms with Crippen LogP contribution < -0.4 is 15.0 Å². The number of nitrogens with one attached hydrogen (secondary N) is 1. The van der Waals surface area contributed by atoms with E-state index >= 15 is 0 Å². The van der Waals surface area contributed by atoms with E-state index in [1.807, 2.05) is 4.90 Å². The quantitative estimate of drug-likeness (QED) is 0.589. The third-order valence-electron chi connectivity index (χ3n) is 5.92. The number of piperidine rings is 1. The number of hydrogen-bond acceptors (Lipinski definition) is 6. The lowest BCUT2D eigenvalue weighted by Gasteiger charge is -2.43. The first-order valence-electron chi connectivity index (χ1n) is 11.0. The third kappa shape index (κ3) is 6.04. The second kappa shape index (κ2) is 10.00. The van der Waals surface area contributed by atoms with Crippen molar-refractivity contribution in [3.8, 4) is 5.75 Å². The highest BCUT2D eigenvalue weighted by Crippen LogP contribution is 2.33. The number of aliphatic hydroxyl groups is 1. The summed E-state index contributed by atoms with van der Waals surface area (Å²) >= 11 is 0. The van der Waals surface area contributed by atoms with Crippen LogP contribution in [0.1, 0.15) is 24.8 Å². The Morgan fingerprint density at radius 3 is 2.65 bits per heavy atom. The highest BCUT2D eigenvalue weighted by Gasteiger charge is 2.41. The number of ether oxygens (including phenoxy) is 1. The zero-order valence-electron chi connectivity index (χ0n) is 18.2. The van der Waals surface area contributed by atoms with Gasteiger partial charge in [-0.05, 0) is 31.4 Å². The lowest BCUT2D eigenvalue weighted by Crippen LogP contribution is -2.56. The van der Waals surface area contributed by atoms with Gasteiger partial charge in [0.1, 0.15) is 23.7 Å². The average Bonchev–Trinajstić information content (AvgIpc) is 3.63. The van der Waals surface area contributed by atoms with Crippen molar-refractivity contribution < 1.29 is 32.2 Å². The number of rotatable bonds is 7. The molecule has 1 aliphatic heterocycles. The molecule has 2 fully saturated rings. The molecule has 1 saturated carbocycles. The van der Waals surface area contributed by atoms with Gasteiger partial charge in [0.15, 0.2) is 0 Å². The molecule has 0 radical (unpaired) electrons. The summed E-state index contributed by atoms with van der Waals surface area (Å²) in [4.78, 5) is 25.1. The second-order valence-electron chi connectivity index (χ2n) is 8.51. The lowest BCUT2D eigenvalue weighted by molar-refractivity contribution is -0.274. The minimum atomic E-state index is -4.92. The standard InChI is InChI=1S/C22H25F4N5O3/c23-19-8-18(34-22(24,25)26)4-1-15(19)9-28-21(33)31(16-2-3-16)17-7-14(12-32)10-30(11-17)20-5-6-27-13-29-20/h1,4-6,8,13-14,16-17,32H,2-3,7,9-12H2,(H,28,33)/t14-,17+/m0/s1. The Morgan fingerprint density at radius 1 is 1.24 bits per heavy atom. The van der Waals surface area contributed by atoms with Crippen molar-refractivity contribution in [1.29, 1.82) is 0 Å². The number of amides is 2. The third-order valence-corrected chi connectivity index (χ3v) is 5.92. The Balaban J connectivity index is 1.43.